The summed E-state index contributed by atoms with van der Waals surface area (Å²) in [6, 6.07) is 18.2. The van der Waals surface area contributed by atoms with E-state index < -0.39 is 5.60 Å². The summed E-state index contributed by atoms with van der Waals surface area (Å²) in [7, 11) is 1.51. The summed E-state index contributed by atoms with van der Waals surface area (Å²) in [5.74, 6) is -0.589. The van der Waals surface area contributed by atoms with Crippen LogP contribution >= 0.6 is 0 Å². The molecule has 0 unspecified atom stereocenters. The van der Waals surface area contributed by atoms with E-state index in [1.807, 2.05) is 23.1 Å². The Bertz CT molecular complexity index is 2020. The fourth-order valence-corrected chi connectivity index (χ4v) is 6.40. The molecule has 0 aliphatic carbocycles. The summed E-state index contributed by atoms with van der Waals surface area (Å²) in [4.78, 5) is 38.9. The van der Waals surface area contributed by atoms with Crippen LogP contribution < -0.4 is 5.32 Å². The van der Waals surface area contributed by atoms with Gasteiger partial charge in [-0.3, -0.25) is 19.6 Å². The lowest BCUT2D eigenvalue weighted by molar-refractivity contribution is -0.138. The second-order valence-electron chi connectivity index (χ2n) is 12.0. The number of fused-ring (bicyclic) bond motifs is 1. The highest BCUT2D eigenvalue weighted by Gasteiger charge is 2.45. The first-order valence-electron chi connectivity index (χ1n) is 15.7. The van der Waals surface area contributed by atoms with Crippen LogP contribution in [0.15, 0.2) is 85.2 Å². The van der Waals surface area contributed by atoms with Gasteiger partial charge in [-0.25, -0.2) is 18.7 Å². The summed E-state index contributed by atoms with van der Waals surface area (Å²) in [6.45, 7) is 1.75. The van der Waals surface area contributed by atoms with Crippen LogP contribution in [0.4, 0.5) is 14.5 Å². The molecule has 0 saturated carbocycles. The summed E-state index contributed by atoms with van der Waals surface area (Å²) in [5.41, 5.74) is 3.58. The number of ether oxygens (including phenoxy) is 1. The topological polar surface area (TPSA) is 116 Å². The van der Waals surface area contributed by atoms with Crippen molar-refractivity contribution in [2.24, 2.45) is 0 Å². The summed E-state index contributed by atoms with van der Waals surface area (Å²) in [5, 5.41) is 11.1. The van der Waals surface area contributed by atoms with Crippen molar-refractivity contribution in [2.45, 2.75) is 25.9 Å². The van der Waals surface area contributed by atoms with E-state index >= 15 is 4.39 Å². The fourth-order valence-electron chi connectivity index (χ4n) is 6.40. The second kappa shape index (κ2) is 14.0. The third-order valence-electron chi connectivity index (χ3n) is 9.11. The number of halogens is 2. The predicted octanol–water partition coefficient (Wildman–Crippen LogP) is 5.95. The van der Waals surface area contributed by atoms with Gasteiger partial charge in [-0.1, -0.05) is 25.6 Å². The third kappa shape index (κ3) is 6.83. The Morgan fingerprint density at radius 1 is 1.00 bits per heavy atom. The van der Waals surface area contributed by atoms with Crippen molar-refractivity contribution >= 4 is 34.0 Å². The van der Waals surface area contributed by atoms with Crippen LogP contribution in [-0.2, 0) is 14.3 Å². The number of aromatic nitrogens is 4. The van der Waals surface area contributed by atoms with Crippen molar-refractivity contribution in [1.82, 2.24) is 30.0 Å². The maximum absolute atomic E-state index is 15.1. The number of carbonyl (C=O) groups excluding carboxylic acids is 2. The van der Waals surface area contributed by atoms with Crippen LogP contribution in [-0.4, -0.2) is 87.2 Å². The van der Waals surface area contributed by atoms with Crippen LogP contribution in [0.1, 0.15) is 25.8 Å². The molecule has 2 aliphatic rings. The Morgan fingerprint density at radius 3 is 2.49 bits per heavy atom. The van der Waals surface area contributed by atoms with Crippen LogP contribution in [0.3, 0.4) is 0 Å². The fraction of sp³-hybridized carbons (Fsp3) is 0.270. The van der Waals surface area contributed by atoms with Gasteiger partial charge in [0.1, 0.15) is 11.6 Å². The molecule has 2 aromatic heterocycles. The number of H-pyrrole nitrogens is 1. The molecule has 0 bridgehead atoms. The average Bonchev–Trinajstić information content (AvgIpc) is 3.74. The highest BCUT2D eigenvalue weighted by Crippen LogP contribution is 2.32. The normalized spacial score (nSPS) is 17.9. The molecule has 49 heavy (non-hydrogen) atoms. The van der Waals surface area contributed by atoms with Gasteiger partial charge in [-0.15, -0.1) is 0 Å². The Balaban J connectivity index is 0.00000417. The van der Waals surface area contributed by atoms with Gasteiger partial charge in [0, 0.05) is 73.4 Å². The predicted molar refractivity (Wildman–Crippen MR) is 184 cm³/mol. The Kier molecular flexibility index (Phi) is 9.61. The standard InChI is InChI=1S/C36H33F2N7O3.CH4/c1-48-36(35(47)41-27-8-10-31-29(20-27)33(43-42-31)24-3-6-26(37)7-4-24)13-18-44(22-36)21-32(46)45-16-11-23(12-17-45)28-9-5-25(19-30(28)38)34-39-14-2-15-40-34;/h2-11,14-15,19-20H,12-13,16-18,21-22H2,1H3,(H,41,47)(H,42,43);1H4/t36-;/m0./s1. The Hall–Kier alpha value is -5.33. The average molecular weight is 666 g/mol. The number of anilines is 1. The van der Waals surface area contributed by atoms with E-state index in [2.05, 4.69) is 25.5 Å². The zero-order valence-electron chi connectivity index (χ0n) is 26.2. The van der Waals surface area contributed by atoms with Gasteiger partial charge in [0.25, 0.3) is 5.91 Å². The number of carbonyl (C=O) groups is 2. The van der Waals surface area contributed by atoms with Gasteiger partial charge in [0.15, 0.2) is 11.4 Å². The molecule has 7 rings (SSSR count). The van der Waals surface area contributed by atoms with E-state index in [1.165, 1.54) is 25.3 Å². The molecule has 1 fully saturated rings. The van der Waals surface area contributed by atoms with Crippen LogP contribution in [0.25, 0.3) is 39.1 Å². The minimum atomic E-state index is -1.13. The smallest absolute Gasteiger partial charge is 0.258 e. The lowest BCUT2D eigenvalue weighted by Gasteiger charge is -2.30. The molecule has 5 aromatic rings. The molecule has 252 valence electrons. The summed E-state index contributed by atoms with van der Waals surface area (Å²) in [6.07, 6.45) is 6.08. The van der Waals surface area contributed by atoms with Crippen molar-refractivity contribution < 1.29 is 23.1 Å². The van der Waals surface area contributed by atoms with Gasteiger partial charge in [-0.2, -0.15) is 5.10 Å². The zero-order valence-corrected chi connectivity index (χ0v) is 26.2. The van der Waals surface area contributed by atoms with Crippen molar-refractivity contribution in [1.29, 1.82) is 0 Å². The van der Waals surface area contributed by atoms with Gasteiger partial charge in [0.05, 0.1) is 17.8 Å². The van der Waals surface area contributed by atoms with Gasteiger partial charge in [-0.05, 0) is 73.0 Å². The number of aromatic amines is 1. The lowest BCUT2D eigenvalue weighted by Crippen LogP contribution is -2.48. The second-order valence-corrected chi connectivity index (χ2v) is 12.0. The van der Waals surface area contributed by atoms with Gasteiger partial charge in [0.2, 0.25) is 5.91 Å². The molecule has 2 amide bonds. The van der Waals surface area contributed by atoms with E-state index in [9.17, 15) is 14.0 Å². The summed E-state index contributed by atoms with van der Waals surface area (Å²) < 4.78 is 34.3. The minimum absolute atomic E-state index is 0. The quantitative estimate of drug-likeness (QED) is 0.211. The minimum Gasteiger partial charge on any atom is -0.367 e. The van der Waals surface area contributed by atoms with E-state index in [4.69, 9.17) is 4.74 Å². The monoisotopic (exact) mass is 665 g/mol. The molecule has 0 spiro atoms. The highest BCUT2D eigenvalue weighted by molar-refractivity contribution is 6.01. The molecule has 1 saturated heterocycles. The molecule has 12 heteroatoms. The third-order valence-corrected chi connectivity index (χ3v) is 9.11. The number of likely N-dealkylation sites (tertiary alicyclic amines) is 1. The first kappa shape index (κ1) is 33.6. The van der Waals surface area contributed by atoms with E-state index in [0.717, 1.165) is 22.0 Å². The van der Waals surface area contributed by atoms with Gasteiger partial charge < -0.3 is 15.0 Å². The SMILES string of the molecule is C.CO[C@@]1(C(=O)Nc2ccc3[nH]nc(-c4ccc(F)cc4)c3c2)CCN(CC(=O)N2CC=C(c3ccc(-c4ncccn4)cc3F)CC2)C1. The zero-order chi connectivity index (χ0) is 33.3. The lowest BCUT2D eigenvalue weighted by atomic mass is 9.97. The van der Waals surface area contributed by atoms with Crippen LogP contribution in [0.2, 0.25) is 0 Å². The van der Waals surface area contributed by atoms with E-state index in [0.29, 0.717) is 60.8 Å². The Labute approximate surface area is 282 Å². The van der Waals surface area contributed by atoms with E-state index in [1.54, 1.807) is 53.7 Å². The number of nitrogens with zero attached hydrogens (tertiary/aromatic N) is 5. The Morgan fingerprint density at radius 2 is 1.78 bits per heavy atom. The number of amides is 2. The van der Waals surface area contributed by atoms with E-state index in [-0.39, 0.29) is 44.0 Å². The number of benzene rings is 3. The van der Waals surface area contributed by atoms with Gasteiger partial charge >= 0.3 is 0 Å². The molecular weight excluding hydrogens is 628 g/mol. The van der Waals surface area contributed by atoms with Crippen molar-refractivity contribution in [3.63, 3.8) is 0 Å². The number of rotatable bonds is 8. The summed E-state index contributed by atoms with van der Waals surface area (Å²) >= 11 is 0. The molecular formula is C37H37F2N7O3. The molecule has 10 nitrogen and oxygen atoms in total. The first-order chi connectivity index (χ1) is 23.3. The maximum Gasteiger partial charge on any atom is 0.258 e. The van der Waals surface area contributed by atoms with Crippen molar-refractivity contribution in [2.75, 3.05) is 45.2 Å². The van der Waals surface area contributed by atoms with Crippen LogP contribution in [0.5, 0.6) is 0 Å². The first-order valence-corrected chi connectivity index (χ1v) is 15.7. The maximum atomic E-state index is 15.1. The number of hydrogen-bond acceptors (Lipinski definition) is 7. The van der Waals surface area contributed by atoms with Crippen molar-refractivity contribution in [3.05, 3.63) is 102 Å². The van der Waals surface area contributed by atoms with Crippen molar-refractivity contribution in [3.8, 4) is 22.6 Å². The molecule has 2 N–H and O–H groups in total. The number of methoxy groups -OCH3 is 1. The highest BCUT2D eigenvalue weighted by atomic mass is 19.1. The molecule has 1 atom stereocenters. The molecule has 0 radical (unpaired) electrons. The molecule has 3 aromatic carbocycles. The largest absolute Gasteiger partial charge is 0.367 e. The molecule has 4 heterocycles. The number of nitrogens with one attached hydrogen (secondary N) is 2. The molecule has 2 aliphatic heterocycles. The van der Waals surface area contributed by atoms with Crippen LogP contribution in [0, 0.1) is 11.6 Å². The number of hydrogen-bond donors (Lipinski definition) is 2.